The molecule has 2 aliphatic heterocycles. The fourth-order valence-corrected chi connectivity index (χ4v) is 8.31. The van der Waals surface area contributed by atoms with Gasteiger partial charge >= 0.3 is 23.9 Å². The van der Waals surface area contributed by atoms with Crippen molar-refractivity contribution >= 4 is 47.6 Å². The molecule has 34 nitrogen and oxygen atoms in total. The number of rotatable bonds is 52. The molecule has 0 fully saturated rings. The fourth-order valence-electron chi connectivity index (χ4n) is 8.31. The summed E-state index contributed by atoms with van der Waals surface area (Å²) in [5.41, 5.74) is 22.1. The van der Waals surface area contributed by atoms with Crippen LogP contribution >= 0.6 is 0 Å². The lowest BCUT2D eigenvalue weighted by Crippen LogP contribution is -2.60. The Hall–Kier alpha value is -6.56. The molecular formula is C55H92N8O26. The number of amides is 2. The Morgan fingerprint density at radius 1 is 0.573 bits per heavy atom. The number of aliphatic hydroxyl groups excluding tert-OH is 4. The minimum atomic E-state index is -1.76. The highest BCUT2D eigenvalue weighted by molar-refractivity contribution is 5.86. The molecular weight excluding hydrogens is 1190 g/mol. The summed E-state index contributed by atoms with van der Waals surface area (Å²) >= 11 is 0. The Labute approximate surface area is 516 Å². The van der Waals surface area contributed by atoms with Crippen LogP contribution in [-0.4, -0.2) is 296 Å². The maximum Gasteiger partial charge on any atom is 0.370 e. The summed E-state index contributed by atoms with van der Waals surface area (Å²) in [7, 11) is 0. The summed E-state index contributed by atoms with van der Waals surface area (Å²) in [6.07, 6.45) is -1.76. The molecule has 0 spiro atoms. The molecule has 0 bridgehead atoms. The second-order valence-corrected chi connectivity index (χ2v) is 19.5. The van der Waals surface area contributed by atoms with Crippen molar-refractivity contribution in [1.29, 1.82) is 0 Å². The maximum absolute atomic E-state index is 13.3. The summed E-state index contributed by atoms with van der Waals surface area (Å²) < 4.78 is 77.4. The zero-order valence-electron chi connectivity index (χ0n) is 50.5. The van der Waals surface area contributed by atoms with Crippen LogP contribution in [0, 0.1) is 18.3 Å². The van der Waals surface area contributed by atoms with Gasteiger partial charge in [-0.25, -0.2) is 19.6 Å². The van der Waals surface area contributed by atoms with Crippen LogP contribution in [0.25, 0.3) is 0 Å². The molecule has 0 radical (unpaired) electrons. The minimum absolute atomic E-state index is 0.0886. The van der Waals surface area contributed by atoms with E-state index in [0.717, 1.165) is 13.0 Å². The van der Waals surface area contributed by atoms with E-state index < -0.39 is 121 Å². The van der Waals surface area contributed by atoms with Crippen molar-refractivity contribution in [3.8, 4) is 12.3 Å². The minimum Gasteiger partial charge on any atom is -0.479 e. The first-order valence-corrected chi connectivity index (χ1v) is 28.9. The van der Waals surface area contributed by atoms with Crippen molar-refractivity contribution in [3.63, 3.8) is 0 Å². The van der Waals surface area contributed by atoms with E-state index in [1.54, 1.807) is 11.8 Å². The van der Waals surface area contributed by atoms with Crippen LogP contribution in [0.2, 0.25) is 0 Å². The normalized spacial score (nSPS) is 19.3. The number of esters is 2. The molecule has 2 amide bonds. The number of guanidine groups is 2. The van der Waals surface area contributed by atoms with Crippen LogP contribution < -0.4 is 28.3 Å². The van der Waals surface area contributed by atoms with Gasteiger partial charge in [0, 0.05) is 52.0 Å². The monoisotopic (exact) mass is 1280 g/mol. The molecule has 0 unspecified atom stereocenters. The topological polar surface area (TPSA) is 497 Å². The molecule has 0 aromatic rings. The first kappa shape index (κ1) is 78.5. The van der Waals surface area contributed by atoms with E-state index in [9.17, 15) is 59.4 Å². The second-order valence-electron chi connectivity index (χ2n) is 19.5. The highest BCUT2D eigenvalue weighted by Crippen LogP contribution is 2.31. The standard InChI is InChI=1S/C55H92N8O26/c1-4-12-76-18-24-82-30-31-85-27-21-79-15-9-44(69)63(10-16-80-22-28-83-25-19-77-13-5-7-45(70)88-49(40(67)34-64)48-36(2)38(61-54(56)57)32-42(86-48)52(72)73)11-17-81-23-29-84-26-20-78-14-6-8-46(71)89-50(41(68)35-65)51-47(60-37(3)66)39(62-55(58)59)33-43(87-51)53(74)75/h1,32-33,36,38-41,47-51,64-65,67-68H,5-31,34-35H2,2-3H3,(H,60,66)(H,72,73)(H,74,75)(H4,56,57,61)(H4,58,59,62)/t36-,38+,39+,40-,41-,47-,48-,49-,50-,51-/m1/s1. The number of carboxylic acid groups (broad SMARTS) is 2. The van der Waals surface area contributed by atoms with Gasteiger partial charge in [0.2, 0.25) is 23.3 Å². The number of nitrogens with two attached hydrogens (primary N) is 4. The Morgan fingerprint density at radius 2 is 0.944 bits per heavy atom. The molecule has 10 atom stereocenters. The van der Waals surface area contributed by atoms with Gasteiger partial charge in [0.1, 0.15) is 24.9 Å². The molecule has 0 saturated carbocycles. The molecule has 0 saturated heterocycles. The third-order valence-corrected chi connectivity index (χ3v) is 12.6. The molecule has 508 valence electrons. The number of hydrogen-bond donors (Lipinski definition) is 11. The van der Waals surface area contributed by atoms with Crippen molar-refractivity contribution in [2.45, 2.75) is 101 Å². The number of terminal acetylenes is 1. The zero-order valence-corrected chi connectivity index (χ0v) is 50.5. The van der Waals surface area contributed by atoms with E-state index in [1.807, 2.05) is 0 Å². The number of aliphatic hydroxyl groups is 4. The first-order chi connectivity index (χ1) is 42.7. The van der Waals surface area contributed by atoms with E-state index in [-0.39, 0.29) is 156 Å². The van der Waals surface area contributed by atoms with Crippen molar-refractivity contribution in [3.05, 3.63) is 23.7 Å². The number of carboxylic acids is 2. The summed E-state index contributed by atoms with van der Waals surface area (Å²) in [4.78, 5) is 84.2. The van der Waals surface area contributed by atoms with Gasteiger partial charge in [-0.15, -0.1) is 6.42 Å². The van der Waals surface area contributed by atoms with Crippen LogP contribution in [0.4, 0.5) is 0 Å². The summed E-state index contributed by atoms with van der Waals surface area (Å²) in [5.74, 6) is -5.59. The Bertz CT molecular complexity index is 2230. The summed E-state index contributed by atoms with van der Waals surface area (Å²) in [5, 5.41) is 62.3. The number of aliphatic imine (C=N–C) groups is 2. The Balaban J connectivity index is 1.74. The second kappa shape index (κ2) is 47.4. The van der Waals surface area contributed by atoms with Crippen molar-refractivity contribution in [2.24, 2.45) is 38.8 Å². The molecule has 0 aromatic carbocycles. The SMILES string of the molecule is C#CCOCCOCCOCCOCCC(=O)N(CCOCCOCCOCCCC(=O)O[C@@H]([C@@H]1OC(C(=O)O)=C[C@H](N=C(N)N)[C@H]1C)[C@H](O)CO)CCOCCOCCOCCCC(=O)O[C@@H]([C@@H]1OC(C(=O)O)=C[C@H](N=C(N)N)[C@H]1NC(C)=O)[C@H](O)CO. The van der Waals surface area contributed by atoms with E-state index in [4.69, 9.17) is 95.7 Å². The largest absolute Gasteiger partial charge is 0.479 e. The third kappa shape index (κ3) is 34.3. The van der Waals surface area contributed by atoms with Crippen molar-refractivity contribution in [1.82, 2.24) is 10.2 Å². The number of carbonyl (C=O) groups excluding carboxylic acids is 4. The van der Waals surface area contributed by atoms with Gasteiger partial charge in [-0.3, -0.25) is 19.2 Å². The van der Waals surface area contributed by atoms with Gasteiger partial charge < -0.3 is 130 Å². The number of ether oxygens (including phenoxy) is 14. The molecule has 2 heterocycles. The summed E-state index contributed by atoms with van der Waals surface area (Å²) in [6, 6.07) is -3.31. The van der Waals surface area contributed by atoms with Gasteiger partial charge in [-0.1, -0.05) is 12.8 Å². The van der Waals surface area contributed by atoms with E-state index in [1.165, 1.54) is 6.08 Å². The van der Waals surface area contributed by atoms with Crippen molar-refractivity contribution in [2.75, 3.05) is 158 Å². The molecule has 2 aliphatic rings. The predicted molar refractivity (Wildman–Crippen MR) is 310 cm³/mol. The summed E-state index contributed by atoms with van der Waals surface area (Å²) in [6.45, 7) is 6.13. The quantitative estimate of drug-likeness (QED) is 0.00896. The zero-order chi connectivity index (χ0) is 65.8. The smallest absolute Gasteiger partial charge is 0.370 e. The lowest BCUT2D eigenvalue weighted by molar-refractivity contribution is -0.176. The van der Waals surface area contributed by atoms with Crippen molar-refractivity contribution < 1.29 is 126 Å². The number of nitrogens with zero attached hydrogens (tertiary/aromatic N) is 3. The molecule has 34 heteroatoms. The molecule has 0 aromatic heterocycles. The van der Waals surface area contributed by atoms with Crippen LogP contribution in [0.1, 0.15) is 46.0 Å². The van der Waals surface area contributed by atoms with Gasteiger partial charge in [0.05, 0.1) is 150 Å². The van der Waals surface area contributed by atoms with Gasteiger partial charge in [-0.2, -0.15) is 0 Å². The number of hydrogen-bond acceptors (Lipinski definition) is 26. The van der Waals surface area contributed by atoms with E-state index in [2.05, 4.69) is 21.2 Å². The third-order valence-electron chi connectivity index (χ3n) is 12.6. The van der Waals surface area contributed by atoms with Crippen LogP contribution in [0.15, 0.2) is 33.7 Å². The predicted octanol–water partition coefficient (Wildman–Crippen LogP) is -4.75. The Kier molecular flexibility index (Phi) is 41.8. The van der Waals surface area contributed by atoms with Crippen LogP contribution in [0.3, 0.4) is 0 Å². The van der Waals surface area contributed by atoms with Gasteiger partial charge in [0.25, 0.3) is 0 Å². The maximum atomic E-state index is 13.3. The number of carbonyl (C=O) groups is 6. The highest BCUT2D eigenvalue weighted by Gasteiger charge is 2.47. The van der Waals surface area contributed by atoms with Crippen LogP contribution in [-0.2, 0) is 95.1 Å². The molecule has 89 heavy (non-hydrogen) atoms. The van der Waals surface area contributed by atoms with Crippen LogP contribution in [0.5, 0.6) is 0 Å². The lowest BCUT2D eigenvalue weighted by Gasteiger charge is -2.39. The number of nitrogens with one attached hydrogen (secondary N) is 1. The lowest BCUT2D eigenvalue weighted by atomic mass is 9.87. The van der Waals surface area contributed by atoms with E-state index in [0.29, 0.717) is 33.0 Å². The average Bonchev–Trinajstić information content (AvgIpc) is 1.43. The fraction of sp³-hybridized carbons (Fsp3) is 0.745. The molecule has 2 rings (SSSR count). The highest BCUT2D eigenvalue weighted by atomic mass is 16.6. The average molecular weight is 1280 g/mol. The Morgan fingerprint density at radius 3 is 1.35 bits per heavy atom. The van der Waals surface area contributed by atoms with Gasteiger partial charge in [-0.05, 0) is 25.0 Å². The van der Waals surface area contributed by atoms with Gasteiger partial charge in [0.15, 0.2) is 30.2 Å². The van der Waals surface area contributed by atoms with E-state index >= 15 is 0 Å². The first-order valence-electron chi connectivity index (χ1n) is 28.9. The molecule has 0 aliphatic carbocycles. The number of aliphatic carboxylic acids is 2. The molecule has 15 N–H and O–H groups in total.